The standard InChI is InChI=1S/C22H32OS/c1-4-14-11-19-15(12-21(14)23)5-7-18-17(19)9-10-22(2)16(13-24-3)6-8-20(18)22/h11-12,16-18,20,23H,4-10,13H2,1-3H3/t16-,17+,18-,20+,22-/m1/s1. The summed E-state index contributed by atoms with van der Waals surface area (Å²) >= 11 is 2.05. The van der Waals surface area contributed by atoms with Gasteiger partial charge in [0.25, 0.3) is 0 Å². The summed E-state index contributed by atoms with van der Waals surface area (Å²) in [6, 6.07) is 4.45. The van der Waals surface area contributed by atoms with Crippen LogP contribution in [0.3, 0.4) is 0 Å². The number of thioether (sulfide) groups is 1. The molecule has 2 fully saturated rings. The molecule has 0 aromatic heterocycles. The van der Waals surface area contributed by atoms with E-state index >= 15 is 0 Å². The lowest BCUT2D eigenvalue weighted by atomic mass is 9.54. The first-order valence-corrected chi connectivity index (χ1v) is 11.3. The first-order valence-electron chi connectivity index (χ1n) is 9.92. The van der Waals surface area contributed by atoms with Gasteiger partial charge in [0.15, 0.2) is 0 Å². The SMILES string of the molecule is CCc1cc2c(cc1O)CC[C@@H]1[C@@H]2CC[C@]2(C)[C@@H](CSC)CC[C@@H]12. The van der Waals surface area contributed by atoms with Gasteiger partial charge in [-0.05, 0) is 109 Å². The molecule has 0 aliphatic heterocycles. The third-order valence-electron chi connectivity index (χ3n) is 7.87. The summed E-state index contributed by atoms with van der Waals surface area (Å²) in [4.78, 5) is 0. The van der Waals surface area contributed by atoms with Gasteiger partial charge < -0.3 is 5.11 Å². The Morgan fingerprint density at radius 2 is 2.04 bits per heavy atom. The maximum atomic E-state index is 10.2. The minimum absolute atomic E-state index is 0.524. The molecule has 2 saturated carbocycles. The molecule has 5 atom stereocenters. The molecule has 0 amide bonds. The van der Waals surface area contributed by atoms with E-state index in [1.165, 1.54) is 49.8 Å². The van der Waals surface area contributed by atoms with Crippen LogP contribution in [0.25, 0.3) is 0 Å². The van der Waals surface area contributed by atoms with E-state index in [0.29, 0.717) is 11.2 Å². The summed E-state index contributed by atoms with van der Waals surface area (Å²) in [6.45, 7) is 4.77. The normalized spacial score (nSPS) is 37.6. The molecule has 1 aromatic rings. The van der Waals surface area contributed by atoms with Crippen LogP contribution in [0.4, 0.5) is 0 Å². The summed E-state index contributed by atoms with van der Waals surface area (Å²) in [6.07, 6.45) is 11.4. The van der Waals surface area contributed by atoms with Gasteiger partial charge in [0.1, 0.15) is 5.75 Å². The van der Waals surface area contributed by atoms with Crippen LogP contribution < -0.4 is 0 Å². The maximum Gasteiger partial charge on any atom is 0.119 e. The van der Waals surface area contributed by atoms with Gasteiger partial charge in [0, 0.05) is 0 Å². The van der Waals surface area contributed by atoms with Gasteiger partial charge in [0.05, 0.1) is 0 Å². The fraction of sp³-hybridized carbons (Fsp3) is 0.727. The molecule has 4 rings (SSSR count). The quantitative estimate of drug-likeness (QED) is 0.749. The zero-order valence-electron chi connectivity index (χ0n) is 15.5. The van der Waals surface area contributed by atoms with Crippen LogP contribution >= 0.6 is 11.8 Å². The van der Waals surface area contributed by atoms with Crippen LogP contribution in [0.1, 0.15) is 68.6 Å². The van der Waals surface area contributed by atoms with Crippen molar-refractivity contribution < 1.29 is 5.11 Å². The van der Waals surface area contributed by atoms with Gasteiger partial charge in [-0.1, -0.05) is 19.9 Å². The van der Waals surface area contributed by atoms with E-state index in [2.05, 4.69) is 32.2 Å². The fourth-order valence-corrected chi connectivity index (χ4v) is 7.47. The van der Waals surface area contributed by atoms with Gasteiger partial charge >= 0.3 is 0 Å². The molecule has 0 unspecified atom stereocenters. The second kappa shape index (κ2) is 6.27. The third kappa shape index (κ3) is 2.43. The van der Waals surface area contributed by atoms with Crippen LogP contribution in [0.5, 0.6) is 5.75 Å². The molecule has 3 aliphatic rings. The minimum atomic E-state index is 0.524. The van der Waals surface area contributed by atoms with Gasteiger partial charge in [-0.3, -0.25) is 0 Å². The van der Waals surface area contributed by atoms with Crippen molar-refractivity contribution in [2.45, 2.75) is 64.7 Å². The number of hydrogen-bond donors (Lipinski definition) is 1. The van der Waals surface area contributed by atoms with Crippen molar-refractivity contribution in [3.8, 4) is 5.75 Å². The molecular formula is C22H32OS. The Morgan fingerprint density at radius 1 is 1.21 bits per heavy atom. The predicted octanol–water partition coefficient (Wildman–Crippen LogP) is 5.79. The second-order valence-electron chi connectivity index (χ2n) is 8.72. The Balaban J connectivity index is 1.66. The highest BCUT2D eigenvalue weighted by molar-refractivity contribution is 7.98. The van der Waals surface area contributed by atoms with E-state index in [9.17, 15) is 5.11 Å². The van der Waals surface area contributed by atoms with Crippen molar-refractivity contribution in [1.82, 2.24) is 0 Å². The average molecular weight is 345 g/mol. The third-order valence-corrected chi connectivity index (χ3v) is 8.60. The van der Waals surface area contributed by atoms with E-state index in [0.717, 1.165) is 35.7 Å². The number of aryl methyl sites for hydroxylation is 2. The zero-order chi connectivity index (χ0) is 16.9. The molecule has 0 spiro atoms. The Kier molecular flexibility index (Phi) is 4.39. The van der Waals surface area contributed by atoms with Crippen LogP contribution in [-0.4, -0.2) is 17.1 Å². The lowest BCUT2D eigenvalue weighted by Gasteiger charge is -2.51. The average Bonchev–Trinajstić information content (AvgIpc) is 2.91. The molecule has 0 radical (unpaired) electrons. The molecule has 1 aromatic carbocycles. The van der Waals surface area contributed by atoms with Crippen LogP contribution in [0.15, 0.2) is 12.1 Å². The molecule has 132 valence electrons. The lowest BCUT2D eigenvalue weighted by Crippen LogP contribution is -2.42. The molecule has 1 nitrogen and oxygen atoms in total. The van der Waals surface area contributed by atoms with Crippen LogP contribution in [0.2, 0.25) is 0 Å². The number of fused-ring (bicyclic) bond motifs is 5. The van der Waals surface area contributed by atoms with Crippen molar-refractivity contribution in [1.29, 1.82) is 0 Å². The van der Waals surface area contributed by atoms with E-state index in [1.54, 1.807) is 5.56 Å². The van der Waals surface area contributed by atoms with Gasteiger partial charge in [-0.2, -0.15) is 11.8 Å². The Labute approximate surface area is 151 Å². The molecule has 24 heavy (non-hydrogen) atoms. The van der Waals surface area contributed by atoms with Crippen LogP contribution in [-0.2, 0) is 12.8 Å². The molecule has 3 aliphatic carbocycles. The number of benzene rings is 1. The number of rotatable bonds is 3. The van der Waals surface area contributed by atoms with Crippen molar-refractivity contribution in [2.75, 3.05) is 12.0 Å². The van der Waals surface area contributed by atoms with Crippen molar-refractivity contribution in [2.24, 2.45) is 23.2 Å². The van der Waals surface area contributed by atoms with Crippen molar-refractivity contribution >= 4 is 11.8 Å². The van der Waals surface area contributed by atoms with E-state index in [-0.39, 0.29) is 0 Å². The Hall–Kier alpha value is -0.630. The predicted molar refractivity (Wildman–Crippen MR) is 104 cm³/mol. The highest BCUT2D eigenvalue weighted by Gasteiger charge is 2.54. The molecular weight excluding hydrogens is 312 g/mol. The van der Waals surface area contributed by atoms with E-state index in [1.807, 2.05) is 11.8 Å². The monoisotopic (exact) mass is 344 g/mol. The summed E-state index contributed by atoms with van der Waals surface area (Å²) < 4.78 is 0. The summed E-state index contributed by atoms with van der Waals surface area (Å²) in [7, 11) is 0. The van der Waals surface area contributed by atoms with Gasteiger partial charge in [-0.25, -0.2) is 0 Å². The summed E-state index contributed by atoms with van der Waals surface area (Å²) in [5, 5.41) is 10.2. The topological polar surface area (TPSA) is 20.2 Å². The zero-order valence-corrected chi connectivity index (χ0v) is 16.3. The number of aromatic hydroxyl groups is 1. The van der Waals surface area contributed by atoms with Crippen molar-refractivity contribution in [3.63, 3.8) is 0 Å². The Bertz CT molecular complexity index is 625. The minimum Gasteiger partial charge on any atom is -0.508 e. The highest BCUT2D eigenvalue weighted by atomic mass is 32.2. The molecule has 1 N–H and O–H groups in total. The van der Waals surface area contributed by atoms with Crippen LogP contribution in [0, 0.1) is 23.2 Å². The first kappa shape index (κ1) is 16.8. The Morgan fingerprint density at radius 3 is 2.79 bits per heavy atom. The molecule has 0 saturated heterocycles. The summed E-state index contributed by atoms with van der Waals surface area (Å²) in [5.41, 5.74) is 4.77. The van der Waals surface area contributed by atoms with Gasteiger partial charge in [-0.15, -0.1) is 0 Å². The summed E-state index contributed by atoms with van der Waals surface area (Å²) in [5.74, 6) is 5.39. The molecule has 2 heteroatoms. The van der Waals surface area contributed by atoms with E-state index < -0.39 is 0 Å². The number of hydrogen-bond acceptors (Lipinski definition) is 2. The van der Waals surface area contributed by atoms with Gasteiger partial charge in [0.2, 0.25) is 0 Å². The first-order chi connectivity index (χ1) is 11.6. The van der Waals surface area contributed by atoms with E-state index in [4.69, 9.17) is 0 Å². The molecule has 0 heterocycles. The molecule has 0 bridgehead atoms. The fourth-order valence-electron chi connectivity index (χ4n) is 6.52. The largest absolute Gasteiger partial charge is 0.508 e. The lowest BCUT2D eigenvalue weighted by molar-refractivity contribution is 0.0349. The number of phenolic OH excluding ortho intramolecular Hbond substituents is 1. The second-order valence-corrected chi connectivity index (χ2v) is 9.63. The maximum absolute atomic E-state index is 10.2. The smallest absolute Gasteiger partial charge is 0.119 e. The highest BCUT2D eigenvalue weighted by Crippen LogP contribution is 2.63. The van der Waals surface area contributed by atoms with Crippen molar-refractivity contribution in [3.05, 3.63) is 28.8 Å². The number of phenols is 1.